The number of carbonyl (C=O) groups is 2. The third-order valence-electron chi connectivity index (χ3n) is 5.44. The van der Waals surface area contributed by atoms with Gasteiger partial charge in [-0.15, -0.1) is 0 Å². The molecule has 1 fully saturated rings. The molecule has 0 spiro atoms. The van der Waals surface area contributed by atoms with Gasteiger partial charge in [-0.05, 0) is 38.5 Å². The van der Waals surface area contributed by atoms with E-state index in [-0.39, 0.29) is 11.8 Å². The third-order valence-corrected chi connectivity index (χ3v) is 5.44. The summed E-state index contributed by atoms with van der Waals surface area (Å²) in [7, 11) is 1.65. The van der Waals surface area contributed by atoms with Crippen molar-refractivity contribution in [3.8, 4) is 5.69 Å². The monoisotopic (exact) mass is 413 g/mol. The lowest BCUT2D eigenvalue weighted by Crippen LogP contribution is -2.51. The number of amides is 2. The Labute approximate surface area is 177 Å². The number of rotatable bonds is 8. The summed E-state index contributed by atoms with van der Waals surface area (Å²) in [4.78, 5) is 33.3. The van der Waals surface area contributed by atoms with Gasteiger partial charge >= 0.3 is 0 Å². The van der Waals surface area contributed by atoms with Crippen LogP contribution in [0.15, 0.2) is 30.6 Å². The maximum Gasteiger partial charge on any atom is 0.255 e. The highest BCUT2D eigenvalue weighted by atomic mass is 16.5. The van der Waals surface area contributed by atoms with Crippen LogP contribution in [0.3, 0.4) is 0 Å². The molecule has 3 rings (SSSR count). The fourth-order valence-electron chi connectivity index (χ4n) is 3.85. The first-order chi connectivity index (χ1) is 14.5. The molecule has 1 N–H and O–H groups in total. The van der Waals surface area contributed by atoms with Gasteiger partial charge in [-0.25, -0.2) is 0 Å². The predicted molar refractivity (Wildman–Crippen MR) is 115 cm³/mol. The minimum absolute atomic E-state index is 0.0193. The van der Waals surface area contributed by atoms with Crippen molar-refractivity contribution >= 4 is 11.8 Å². The van der Waals surface area contributed by atoms with E-state index in [2.05, 4.69) is 19.8 Å². The molecule has 0 radical (unpaired) electrons. The number of nitrogens with zero attached hydrogens (tertiary/aromatic N) is 4. The van der Waals surface area contributed by atoms with Crippen LogP contribution in [0.4, 0.5) is 0 Å². The Bertz CT molecular complexity index is 857. The maximum absolute atomic E-state index is 13.1. The van der Waals surface area contributed by atoms with Crippen LogP contribution >= 0.6 is 0 Å². The number of carbonyl (C=O) groups excluding carboxylic acids is 2. The summed E-state index contributed by atoms with van der Waals surface area (Å²) in [6, 6.07) is 5.83. The van der Waals surface area contributed by atoms with E-state index in [1.54, 1.807) is 19.5 Å². The molecule has 2 amide bonds. The second kappa shape index (κ2) is 10.4. The standard InChI is InChI=1S/C22H31N5O3/c1-17-14-20(18(2)27(17)19-6-4-7-23-15-19)22(29)26-11-9-25(10-12-26)16-21(28)24-8-5-13-30-3/h4,6-7,14-15H,5,8-13,16H2,1-3H3,(H,24,28). The lowest BCUT2D eigenvalue weighted by atomic mass is 10.2. The van der Waals surface area contributed by atoms with Crippen LogP contribution in [0, 0.1) is 13.8 Å². The zero-order valence-electron chi connectivity index (χ0n) is 18.1. The van der Waals surface area contributed by atoms with E-state index in [1.165, 1.54) is 0 Å². The van der Waals surface area contributed by atoms with E-state index in [0.717, 1.165) is 29.1 Å². The molecule has 1 aliphatic rings. The second-order valence-corrected chi connectivity index (χ2v) is 7.60. The number of aryl methyl sites for hydroxylation is 1. The van der Waals surface area contributed by atoms with Crippen LogP contribution in [0.2, 0.25) is 0 Å². The quantitative estimate of drug-likeness (QED) is 0.662. The molecule has 0 aliphatic carbocycles. The van der Waals surface area contributed by atoms with Gasteiger partial charge in [-0.2, -0.15) is 0 Å². The molecule has 0 aromatic carbocycles. The van der Waals surface area contributed by atoms with Crippen LogP contribution in [-0.2, 0) is 9.53 Å². The average molecular weight is 414 g/mol. The largest absolute Gasteiger partial charge is 0.385 e. The van der Waals surface area contributed by atoms with Crippen molar-refractivity contribution in [2.45, 2.75) is 20.3 Å². The van der Waals surface area contributed by atoms with Gasteiger partial charge in [-0.3, -0.25) is 19.5 Å². The first kappa shape index (κ1) is 22.0. The fraction of sp³-hybridized carbons (Fsp3) is 0.500. The number of hydrogen-bond acceptors (Lipinski definition) is 5. The molecule has 8 nitrogen and oxygen atoms in total. The van der Waals surface area contributed by atoms with E-state index in [9.17, 15) is 9.59 Å². The Morgan fingerprint density at radius 1 is 1.20 bits per heavy atom. The maximum atomic E-state index is 13.1. The number of ether oxygens (including phenoxy) is 1. The van der Waals surface area contributed by atoms with E-state index < -0.39 is 0 Å². The van der Waals surface area contributed by atoms with E-state index >= 15 is 0 Å². The highest BCUT2D eigenvalue weighted by Crippen LogP contribution is 2.22. The van der Waals surface area contributed by atoms with E-state index in [0.29, 0.717) is 45.9 Å². The lowest BCUT2D eigenvalue weighted by molar-refractivity contribution is -0.122. The topological polar surface area (TPSA) is 79.7 Å². The number of nitrogens with one attached hydrogen (secondary N) is 1. The molecule has 0 unspecified atom stereocenters. The molecular formula is C22H31N5O3. The third kappa shape index (κ3) is 5.25. The van der Waals surface area contributed by atoms with Crippen LogP contribution in [0.1, 0.15) is 28.2 Å². The molecule has 162 valence electrons. The van der Waals surface area contributed by atoms with Gasteiger partial charge in [0.05, 0.1) is 24.0 Å². The number of piperazine rings is 1. The highest BCUT2D eigenvalue weighted by Gasteiger charge is 2.26. The molecule has 0 atom stereocenters. The van der Waals surface area contributed by atoms with Crippen LogP contribution in [-0.4, -0.2) is 84.2 Å². The van der Waals surface area contributed by atoms with E-state index in [4.69, 9.17) is 4.74 Å². The smallest absolute Gasteiger partial charge is 0.255 e. The summed E-state index contributed by atoms with van der Waals surface area (Å²) in [5, 5.41) is 2.91. The molecule has 3 heterocycles. The summed E-state index contributed by atoms with van der Waals surface area (Å²) >= 11 is 0. The Kier molecular flexibility index (Phi) is 7.59. The fourth-order valence-corrected chi connectivity index (χ4v) is 3.85. The van der Waals surface area contributed by atoms with Crippen molar-refractivity contribution < 1.29 is 14.3 Å². The summed E-state index contributed by atoms with van der Waals surface area (Å²) in [6.45, 7) is 8.22. The first-order valence-corrected chi connectivity index (χ1v) is 10.4. The van der Waals surface area contributed by atoms with Gasteiger partial charge < -0.3 is 19.5 Å². The number of methoxy groups -OCH3 is 1. The summed E-state index contributed by atoms with van der Waals surface area (Å²) < 4.78 is 7.04. The lowest BCUT2D eigenvalue weighted by Gasteiger charge is -2.34. The average Bonchev–Trinajstić information content (AvgIpc) is 3.06. The first-order valence-electron chi connectivity index (χ1n) is 10.4. The van der Waals surface area contributed by atoms with Gasteiger partial charge in [0.25, 0.3) is 5.91 Å². The zero-order chi connectivity index (χ0) is 21.5. The Morgan fingerprint density at radius 2 is 1.97 bits per heavy atom. The molecule has 2 aromatic rings. The van der Waals surface area contributed by atoms with Gasteiger partial charge in [-0.1, -0.05) is 0 Å². The number of pyridine rings is 1. The molecule has 1 aliphatic heterocycles. The van der Waals surface area contributed by atoms with Crippen LogP contribution in [0.25, 0.3) is 5.69 Å². The number of hydrogen-bond donors (Lipinski definition) is 1. The molecule has 8 heteroatoms. The Hall–Kier alpha value is -2.71. The van der Waals surface area contributed by atoms with Crippen molar-refractivity contribution in [2.24, 2.45) is 0 Å². The SMILES string of the molecule is COCCCNC(=O)CN1CCN(C(=O)c2cc(C)n(-c3cccnc3)c2C)CC1. The van der Waals surface area contributed by atoms with Crippen molar-refractivity contribution in [3.05, 3.63) is 47.5 Å². The predicted octanol–water partition coefficient (Wildman–Crippen LogP) is 1.40. The van der Waals surface area contributed by atoms with Crippen molar-refractivity contribution in [3.63, 3.8) is 0 Å². The molecule has 2 aromatic heterocycles. The molecule has 1 saturated heterocycles. The van der Waals surface area contributed by atoms with E-state index in [1.807, 2.05) is 36.9 Å². The van der Waals surface area contributed by atoms with Crippen LogP contribution < -0.4 is 5.32 Å². The summed E-state index contributed by atoms with van der Waals surface area (Å²) in [5.74, 6) is 0.0628. The minimum atomic E-state index is 0.0193. The van der Waals surface area contributed by atoms with Crippen LogP contribution in [0.5, 0.6) is 0 Å². The zero-order valence-corrected chi connectivity index (χ0v) is 18.1. The van der Waals surface area contributed by atoms with Gasteiger partial charge in [0, 0.05) is 64.0 Å². The number of aromatic nitrogens is 2. The Balaban J connectivity index is 1.55. The van der Waals surface area contributed by atoms with Crippen molar-refractivity contribution in [1.29, 1.82) is 0 Å². The molecule has 0 saturated carbocycles. The van der Waals surface area contributed by atoms with Crippen molar-refractivity contribution in [1.82, 2.24) is 24.7 Å². The van der Waals surface area contributed by atoms with Gasteiger partial charge in [0.1, 0.15) is 0 Å². The highest BCUT2D eigenvalue weighted by molar-refractivity contribution is 5.96. The molecule has 0 bridgehead atoms. The second-order valence-electron chi connectivity index (χ2n) is 7.60. The van der Waals surface area contributed by atoms with Gasteiger partial charge in [0.2, 0.25) is 5.91 Å². The minimum Gasteiger partial charge on any atom is -0.385 e. The summed E-state index contributed by atoms with van der Waals surface area (Å²) in [5.41, 5.74) is 3.60. The normalized spacial score (nSPS) is 14.7. The van der Waals surface area contributed by atoms with Gasteiger partial charge in [0.15, 0.2) is 0 Å². The molecule has 30 heavy (non-hydrogen) atoms. The van der Waals surface area contributed by atoms with Crippen molar-refractivity contribution in [2.75, 3.05) is 53.0 Å². The summed E-state index contributed by atoms with van der Waals surface area (Å²) in [6.07, 6.45) is 4.35. The molecular weight excluding hydrogens is 382 g/mol. The Morgan fingerprint density at radius 3 is 2.63 bits per heavy atom.